The summed E-state index contributed by atoms with van der Waals surface area (Å²) in [6.45, 7) is 1.72. The number of fused-ring (bicyclic) bond motifs is 1. The first-order valence-corrected chi connectivity index (χ1v) is 5.46. The molecule has 2 aromatic rings. The standard InChI is InChI=1S/C13H12N3/c1-2-12(10-3-6-14-7-4-10)16-13-5-8-15-9-11(1)13/h1-4,6-7H,5,8-9H2. The monoisotopic (exact) mass is 210 g/mol. The summed E-state index contributed by atoms with van der Waals surface area (Å²) in [7, 11) is 0. The van der Waals surface area contributed by atoms with Crippen molar-refractivity contribution in [2.24, 2.45) is 0 Å². The second-order valence-electron chi connectivity index (χ2n) is 3.89. The molecule has 0 spiro atoms. The van der Waals surface area contributed by atoms with Crippen LogP contribution in [0, 0.1) is 0 Å². The Morgan fingerprint density at radius 2 is 1.88 bits per heavy atom. The van der Waals surface area contributed by atoms with Crippen LogP contribution in [0.5, 0.6) is 0 Å². The van der Waals surface area contributed by atoms with Crippen molar-refractivity contribution in [1.82, 2.24) is 15.3 Å². The maximum atomic E-state index is 4.70. The van der Waals surface area contributed by atoms with E-state index < -0.39 is 0 Å². The molecule has 0 atom stereocenters. The summed E-state index contributed by atoms with van der Waals surface area (Å²) >= 11 is 0. The van der Waals surface area contributed by atoms with Gasteiger partial charge in [0, 0.05) is 43.2 Å². The fourth-order valence-electron chi connectivity index (χ4n) is 1.96. The van der Waals surface area contributed by atoms with Crippen LogP contribution >= 0.6 is 0 Å². The molecule has 1 aliphatic heterocycles. The third kappa shape index (κ3) is 1.70. The van der Waals surface area contributed by atoms with E-state index in [2.05, 4.69) is 22.4 Å². The lowest BCUT2D eigenvalue weighted by Gasteiger charge is -2.15. The van der Waals surface area contributed by atoms with Crippen molar-refractivity contribution >= 4 is 0 Å². The molecule has 0 saturated heterocycles. The zero-order valence-electron chi connectivity index (χ0n) is 8.93. The molecule has 0 amide bonds. The molecule has 16 heavy (non-hydrogen) atoms. The first-order valence-electron chi connectivity index (χ1n) is 5.46. The van der Waals surface area contributed by atoms with Gasteiger partial charge in [-0.2, -0.15) is 0 Å². The Hall–Kier alpha value is -1.74. The van der Waals surface area contributed by atoms with Crippen LogP contribution in [0.15, 0.2) is 36.7 Å². The minimum atomic E-state index is 0.818. The Kier molecular flexibility index (Phi) is 2.38. The number of pyridine rings is 2. The van der Waals surface area contributed by atoms with E-state index in [-0.39, 0.29) is 0 Å². The second kappa shape index (κ2) is 4.02. The molecule has 0 bridgehead atoms. The lowest BCUT2D eigenvalue weighted by Crippen LogP contribution is -2.18. The highest BCUT2D eigenvalue weighted by molar-refractivity contribution is 5.58. The summed E-state index contributed by atoms with van der Waals surface area (Å²) in [5.41, 5.74) is 4.62. The van der Waals surface area contributed by atoms with Gasteiger partial charge in [0.15, 0.2) is 0 Å². The maximum Gasteiger partial charge on any atom is 0.0706 e. The quantitative estimate of drug-likeness (QED) is 0.720. The van der Waals surface area contributed by atoms with E-state index in [9.17, 15) is 0 Å². The highest BCUT2D eigenvalue weighted by Crippen LogP contribution is 2.20. The van der Waals surface area contributed by atoms with Crippen molar-refractivity contribution < 1.29 is 0 Å². The highest BCUT2D eigenvalue weighted by atomic mass is 14.9. The molecule has 0 fully saturated rings. The summed E-state index contributed by atoms with van der Waals surface area (Å²) in [4.78, 5) is 8.71. The van der Waals surface area contributed by atoms with Crippen LogP contribution < -0.4 is 5.32 Å². The predicted molar refractivity (Wildman–Crippen MR) is 61.9 cm³/mol. The zero-order chi connectivity index (χ0) is 10.8. The molecule has 0 N–H and O–H groups in total. The molecule has 1 radical (unpaired) electrons. The zero-order valence-corrected chi connectivity index (χ0v) is 8.93. The van der Waals surface area contributed by atoms with E-state index in [0.29, 0.717) is 0 Å². The van der Waals surface area contributed by atoms with E-state index in [0.717, 1.165) is 30.8 Å². The van der Waals surface area contributed by atoms with Crippen molar-refractivity contribution in [2.75, 3.05) is 6.54 Å². The average molecular weight is 210 g/mol. The summed E-state index contributed by atoms with van der Waals surface area (Å²) in [6, 6.07) is 8.18. The summed E-state index contributed by atoms with van der Waals surface area (Å²) < 4.78 is 0. The molecule has 0 aliphatic carbocycles. The lowest BCUT2D eigenvalue weighted by atomic mass is 10.1. The third-order valence-corrected chi connectivity index (χ3v) is 2.83. The normalized spacial score (nSPS) is 14.5. The van der Waals surface area contributed by atoms with Crippen LogP contribution in [0.25, 0.3) is 11.3 Å². The van der Waals surface area contributed by atoms with Crippen molar-refractivity contribution in [3.8, 4) is 11.3 Å². The van der Waals surface area contributed by atoms with Gasteiger partial charge < -0.3 is 0 Å². The van der Waals surface area contributed by atoms with Gasteiger partial charge in [-0.05, 0) is 23.8 Å². The maximum absolute atomic E-state index is 4.70. The molecule has 2 aromatic heterocycles. The Morgan fingerprint density at radius 3 is 2.75 bits per heavy atom. The molecular weight excluding hydrogens is 198 g/mol. The number of rotatable bonds is 1. The first kappa shape index (κ1) is 9.48. The van der Waals surface area contributed by atoms with Crippen molar-refractivity contribution in [2.45, 2.75) is 13.0 Å². The van der Waals surface area contributed by atoms with Crippen LogP contribution in [0.1, 0.15) is 11.3 Å². The summed E-state index contributed by atoms with van der Waals surface area (Å²) in [5, 5.41) is 4.37. The van der Waals surface area contributed by atoms with Crippen LogP contribution in [-0.4, -0.2) is 16.5 Å². The molecule has 79 valence electrons. The van der Waals surface area contributed by atoms with E-state index in [1.807, 2.05) is 12.1 Å². The largest absolute Gasteiger partial charge is 0.265 e. The average Bonchev–Trinajstić information content (AvgIpc) is 2.39. The molecule has 3 heteroatoms. The fraction of sp³-hybridized carbons (Fsp3) is 0.231. The number of nitrogens with zero attached hydrogens (tertiary/aromatic N) is 3. The van der Waals surface area contributed by atoms with E-state index >= 15 is 0 Å². The molecular formula is C13H12N3. The Balaban J connectivity index is 2.03. The van der Waals surface area contributed by atoms with Gasteiger partial charge in [-0.1, -0.05) is 6.07 Å². The number of hydrogen-bond donors (Lipinski definition) is 0. The van der Waals surface area contributed by atoms with Gasteiger partial charge in [0.05, 0.1) is 5.69 Å². The van der Waals surface area contributed by atoms with Crippen LogP contribution in [0.2, 0.25) is 0 Å². The van der Waals surface area contributed by atoms with Crippen LogP contribution in [-0.2, 0) is 13.0 Å². The molecule has 1 aliphatic rings. The molecule has 0 unspecified atom stereocenters. The van der Waals surface area contributed by atoms with Gasteiger partial charge in [0.2, 0.25) is 0 Å². The number of aromatic nitrogens is 2. The van der Waals surface area contributed by atoms with E-state index in [1.165, 1.54) is 11.3 Å². The van der Waals surface area contributed by atoms with Crippen molar-refractivity contribution in [1.29, 1.82) is 0 Å². The van der Waals surface area contributed by atoms with Crippen LogP contribution in [0.3, 0.4) is 0 Å². The van der Waals surface area contributed by atoms with Gasteiger partial charge in [0.25, 0.3) is 0 Å². The van der Waals surface area contributed by atoms with Gasteiger partial charge in [-0.25, -0.2) is 5.32 Å². The molecule has 3 rings (SSSR count). The smallest absolute Gasteiger partial charge is 0.0706 e. The second-order valence-corrected chi connectivity index (χ2v) is 3.89. The van der Waals surface area contributed by atoms with Crippen LogP contribution in [0.4, 0.5) is 0 Å². The van der Waals surface area contributed by atoms with Gasteiger partial charge >= 0.3 is 0 Å². The Morgan fingerprint density at radius 1 is 1.00 bits per heavy atom. The first-order chi connectivity index (χ1) is 7.93. The van der Waals surface area contributed by atoms with Gasteiger partial charge in [-0.3, -0.25) is 9.97 Å². The van der Waals surface area contributed by atoms with Crippen molar-refractivity contribution in [3.63, 3.8) is 0 Å². The topological polar surface area (TPSA) is 39.9 Å². The fourth-order valence-corrected chi connectivity index (χ4v) is 1.96. The minimum Gasteiger partial charge on any atom is -0.265 e. The molecule has 0 aromatic carbocycles. The van der Waals surface area contributed by atoms with E-state index in [1.54, 1.807) is 12.4 Å². The van der Waals surface area contributed by atoms with E-state index in [4.69, 9.17) is 4.98 Å². The van der Waals surface area contributed by atoms with Crippen molar-refractivity contribution in [3.05, 3.63) is 47.9 Å². The lowest BCUT2D eigenvalue weighted by molar-refractivity contribution is 0.618. The van der Waals surface area contributed by atoms with Gasteiger partial charge in [-0.15, -0.1) is 0 Å². The predicted octanol–water partition coefficient (Wildman–Crippen LogP) is 1.80. The molecule has 0 saturated carbocycles. The summed E-state index contributed by atoms with van der Waals surface area (Å²) in [5.74, 6) is 0. The highest BCUT2D eigenvalue weighted by Gasteiger charge is 2.11. The SMILES string of the molecule is c1cc(-c2ccc3c(n2)CC[N]C3)ccn1. The summed E-state index contributed by atoms with van der Waals surface area (Å²) in [6.07, 6.45) is 4.56. The molecule has 3 heterocycles. The molecule has 3 nitrogen and oxygen atoms in total. The number of hydrogen-bond acceptors (Lipinski definition) is 2. The van der Waals surface area contributed by atoms with Gasteiger partial charge in [0.1, 0.15) is 0 Å². The Bertz CT molecular complexity index is 494. The third-order valence-electron chi connectivity index (χ3n) is 2.83. The minimum absolute atomic E-state index is 0.818. The Labute approximate surface area is 94.6 Å².